The molecule has 16 heavy (non-hydrogen) atoms. The van der Waals surface area contributed by atoms with Crippen LogP contribution < -0.4 is 0 Å². The van der Waals surface area contributed by atoms with E-state index in [1.807, 2.05) is 0 Å². The van der Waals surface area contributed by atoms with Crippen LogP contribution in [0.5, 0.6) is 0 Å². The zero-order chi connectivity index (χ0) is 11.6. The molecule has 0 aliphatic carbocycles. The first-order valence-electron chi connectivity index (χ1n) is 3.77. The standard InChI is InChI=1S/C9H6O6.Na/c10-7(11)4-1-5(8(12)13)3-6(2-4)9(14)15;/h1-3H,(H,10,11)(H,12,13)(H,14,15);. The monoisotopic (exact) mass is 233 g/mol. The molecule has 3 N–H and O–H groups in total. The van der Waals surface area contributed by atoms with Gasteiger partial charge in [-0.3, -0.25) is 0 Å². The van der Waals surface area contributed by atoms with Crippen molar-refractivity contribution in [3.8, 4) is 0 Å². The van der Waals surface area contributed by atoms with Crippen molar-refractivity contribution in [3.05, 3.63) is 34.9 Å². The fourth-order valence-electron chi connectivity index (χ4n) is 0.998. The van der Waals surface area contributed by atoms with Gasteiger partial charge in [-0.15, -0.1) is 0 Å². The second-order valence-corrected chi connectivity index (χ2v) is 2.71. The zero-order valence-corrected chi connectivity index (χ0v) is 10.3. The Hall–Kier alpha value is -1.37. The molecule has 0 atom stereocenters. The number of carbonyl (C=O) groups is 3. The van der Waals surface area contributed by atoms with Crippen LogP contribution in [-0.4, -0.2) is 62.8 Å². The van der Waals surface area contributed by atoms with E-state index in [0.29, 0.717) is 0 Å². The van der Waals surface area contributed by atoms with Gasteiger partial charge in [0.1, 0.15) is 0 Å². The molecular weight excluding hydrogens is 227 g/mol. The number of carboxylic acids is 3. The van der Waals surface area contributed by atoms with E-state index in [2.05, 4.69) is 0 Å². The van der Waals surface area contributed by atoms with Crippen molar-refractivity contribution in [2.75, 3.05) is 0 Å². The zero-order valence-electron chi connectivity index (χ0n) is 8.30. The molecule has 1 aromatic rings. The summed E-state index contributed by atoms with van der Waals surface area (Å²) in [6.07, 6.45) is 0. The van der Waals surface area contributed by atoms with Crippen molar-refractivity contribution in [2.24, 2.45) is 0 Å². The molecule has 0 fully saturated rings. The van der Waals surface area contributed by atoms with E-state index in [1.54, 1.807) is 0 Å². The van der Waals surface area contributed by atoms with Crippen molar-refractivity contribution >= 4 is 47.5 Å². The smallest absolute Gasteiger partial charge is 0.335 e. The van der Waals surface area contributed by atoms with Crippen LogP contribution in [0, 0.1) is 0 Å². The van der Waals surface area contributed by atoms with Gasteiger partial charge in [0.2, 0.25) is 0 Å². The minimum Gasteiger partial charge on any atom is -0.478 e. The van der Waals surface area contributed by atoms with Gasteiger partial charge in [0, 0.05) is 29.6 Å². The Labute approximate surface area is 112 Å². The molecule has 0 heterocycles. The summed E-state index contributed by atoms with van der Waals surface area (Å²) < 4.78 is 0. The predicted molar refractivity (Wildman–Crippen MR) is 53.1 cm³/mol. The first-order valence-corrected chi connectivity index (χ1v) is 3.77. The minimum absolute atomic E-state index is 0. The van der Waals surface area contributed by atoms with Gasteiger partial charge in [-0.1, -0.05) is 0 Å². The van der Waals surface area contributed by atoms with Gasteiger partial charge < -0.3 is 15.3 Å². The van der Waals surface area contributed by atoms with E-state index in [4.69, 9.17) is 15.3 Å². The molecule has 1 aromatic carbocycles. The van der Waals surface area contributed by atoms with Crippen LogP contribution in [0.3, 0.4) is 0 Å². The second kappa shape index (κ2) is 5.64. The molecule has 0 aliphatic rings. The number of aromatic carboxylic acids is 3. The van der Waals surface area contributed by atoms with Gasteiger partial charge in [-0.2, -0.15) is 0 Å². The van der Waals surface area contributed by atoms with Crippen LogP contribution in [0.4, 0.5) is 0 Å². The molecule has 1 rings (SSSR count). The van der Waals surface area contributed by atoms with Crippen molar-refractivity contribution in [1.82, 2.24) is 0 Å². The van der Waals surface area contributed by atoms with Crippen LogP contribution in [0.1, 0.15) is 31.1 Å². The van der Waals surface area contributed by atoms with Gasteiger partial charge in [0.25, 0.3) is 0 Å². The first kappa shape index (κ1) is 14.6. The molecule has 0 amide bonds. The quantitative estimate of drug-likeness (QED) is 0.651. The van der Waals surface area contributed by atoms with Gasteiger partial charge in [0.05, 0.1) is 16.7 Å². The summed E-state index contributed by atoms with van der Waals surface area (Å²) in [5, 5.41) is 25.8. The van der Waals surface area contributed by atoms with Gasteiger partial charge in [-0.25, -0.2) is 14.4 Å². The van der Waals surface area contributed by atoms with E-state index in [-0.39, 0.29) is 46.2 Å². The van der Waals surface area contributed by atoms with Crippen molar-refractivity contribution in [2.45, 2.75) is 0 Å². The number of rotatable bonds is 3. The van der Waals surface area contributed by atoms with Crippen molar-refractivity contribution in [3.63, 3.8) is 0 Å². The summed E-state index contributed by atoms with van der Waals surface area (Å²) in [6.45, 7) is 0. The van der Waals surface area contributed by atoms with E-state index in [1.165, 1.54) is 0 Å². The Balaban J connectivity index is 0.00000225. The normalized spacial score (nSPS) is 9.00. The maximum Gasteiger partial charge on any atom is 0.335 e. The minimum atomic E-state index is -1.37. The molecule has 6 nitrogen and oxygen atoms in total. The molecule has 0 aromatic heterocycles. The molecule has 0 saturated heterocycles. The largest absolute Gasteiger partial charge is 0.478 e. The summed E-state index contributed by atoms with van der Waals surface area (Å²) >= 11 is 0. The summed E-state index contributed by atoms with van der Waals surface area (Å²) in [5.74, 6) is -4.12. The maximum atomic E-state index is 10.6. The molecular formula is C9H6NaO6. The first-order chi connectivity index (χ1) is 6.91. The third-order valence-electron chi connectivity index (χ3n) is 1.67. The third kappa shape index (κ3) is 3.34. The molecule has 0 bridgehead atoms. The van der Waals surface area contributed by atoms with Gasteiger partial charge in [0.15, 0.2) is 0 Å². The Morgan fingerprint density at radius 1 is 0.688 bits per heavy atom. The Bertz CT molecular complexity index is 374. The van der Waals surface area contributed by atoms with Crippen LogP contribution in [0.2, 0.25) is 0 Å². The average Bonchev–Trinajstić information content (AvgIpc) is 2.16. The van der Waals surface area contributed by atoms with Crippen LogP contribution in [0.25, 0.3) is 0 Å². The Morgan fingerprint density at radius 2 is 0.875 bits per heavy atom. The average molecular weight is 233 g/mol. The number of hydrogen-bond donors (Lipinski definition) is 3. The van der Waals surface area contributed by atoms with Gasteiger partial charge in [-0.05, 0) is 18.2 Å². The molecule has 0 spiro atoms. The van der Waals surface area contributed by atoms with E-state index in [0.717, 1.165) is 18.2 Å². The summed E-state index contributed by atoms with van der Waals surface area (Å²) in [4.78, 5) is 31.7. The number of carboxylic acid groups (broad SMARTS) is 3. The number of hydrogen-bond acceptors (Lipinski definition) is 3. The van der Waals surface area contributed by atoms with Gasteiger partial charge >= 0.3 is 17.9 Å². The molecule has 0 aliphatic heterocycles. The fraction of sp³-hybridized carbons (Fsp3) is 0. The van der Waals surface area contributed by atoms with Crippen LogP contribution >= 0.6 is 0 Å². The molecule has 1 radical (unpaired) electrons. The maximum absolute atomic E-state index is 10.6. The van der Waals surface area contributed by atoms with Crippen molar-refractivity contribution in [1.29, 1.82) is 0 Å². The third-order valence-corrected chi connectivity index (χ3v) is 1.67. The van der Waals surface area contributed by atoms with E-state index in [9.17, 15) is 14.4 Å². The molecule has 79 valence electrons. The second-order valence-electron chi connectivity index (χ2n) is 2.71. The number of benzene rings is 1. The SMILES string of the molecule is O=C(O)c1cc(C(=O)O)cc(C(=O)O)c1.[Na]. The van der Waals surface area contributed by atoms with E-state index >= 15 is 0 Å². The van der Waals surface area contributed by atoms with Crippen LogP contribution in [-0.2, 0) is 0 Å². The summed E-state index contributed by atoms with van der Waals surface area (Å²) in [6, 6.07) is 2.70. The topological polar surface area (TPSA) is 112 Å². The van der Waals surface area contributed by atoms with E-state index < -0.39 is 17.9 Å². The summed E-state index contributed by atoms with van der Waals surface area (Å²) in [5.41, 5.74) is -1.10. The van der Waals surface area contributed by atoms with Crippen molar-refractivity contribution < 1.29 is 29.7 Å². The predicted octanol–water partition coefficient (Wildman–Crippen LogP) is 0.400. The Kier molecular flexibility index (Phi) is 5.16. The fourth-order valence-corrected chi connectivity index (χ4v) is 0.998. The molecule has 7 heteroatoms. The molecule has 0 unspecified atom stereocenters. The van der Waals surface area contributed by atoms with Crippen LogP contribution in [0.15, 0.2) is 18.2 Å². The summed E-state index contributed by atoms with van der Waals surface area (Å²) in [7, 11) is 0. The molecule has 0 saturated carbocycles. The Morgan fingerprint density at radius 3 is 1.00 bits per heavy atom.